The van der Waals surface area contributed by atoms with E-state index in [0.29, 0.717) is 5.82 Å². The molecule has 3 rings (SSSR count). The fourth-order valence-corrected chi connectivity index (χ4v) is 3.33. The molecule has 1 aromatic carbocycles. The van der Waals surface area contributed by atoms with Crippen LogP contribution < -0.4 is 10.2 Å². The number of para-hydroxylation sites is 1. The van der Waals surface area contributed by atoms with E-state index in [0.717, 1.165) is 43.6 Å². The number of pyridine rings is 1. The highest BCUT2D eigenvalue weighted by Gasteiger charge is 2.21. The van der Waals surface area contributed by atoms with Gasteiger partial charge in [0.1, 0.15) is 5.82 Å². The van der Waals surface area contributed by atoms with Gasteiger partial charge in [-0.15, -0.1) is 0 Å². The second-order valence-electron chi connectivity index (χ2n) is 6.31. The van der Waals surface area contributed by atoms with Crippen LogP contribution in [0.4, 0.5) is 17.2 Å². The van der Waals surface area contributed by atoms with Crippen molar-refractivity contribution in [1.29, 1.82) is 0 Å². The minimum absolute atomic E-state index is 0.116. The van der Waals surface area contributed by atoms with Crippen LogP contribution >= 0.6 is 0 Å². The molecular weight excluding hydrogens is 298 g/mol. The van der Waals surface area contributed by atoms with E-state index >= 15 is 0 Å². The highest BCUT2D eigenvalue weighted by Crippen LogP contribution is 2.26. The molecular formula is C20H25N3O. The van der Waals surface area contributed by atoms with E-state index in [4.69, 9.17) is 0 Å². The molecule has 0 spiro atoms. The molecule has 24 heavy (non-hydrogen) atoms. The summed E-state index contributed by atoms with van der Waals surface area (Å²) in [5.41, 5.74) is 2.17. The summed E-state index contributed by atoms with van der Waals surface area (Å²) < 4.78 is 0. The minimum Gasteiger partial charge on any atom is -0.341 e. The SMILES string of the molecule is CCN(c1ccccc1)c1ccc(NC(=O)C2CCCCC2)nc1. The lowest BCUT2D eigenvalue weighted by atomic mass is 9.89. The van der Waals surface area contributed by atoms with E-state index in [2.05, 4.69) is 34.3 Å². The molecule has 2 aromatic rings. The van der Waals surface area contributed by atoms with Crippen molar-refractivity contribution in [2.75, 3.05) is 16.8 Å². The van der Waals surface area contributed by atoms with Crippen LogP contribution in [0.25, 0.3) is 0 Å². The zero-order chi connectivity index (χ0) is 16.8. The van der Waals surface area contributed by atoms with E-state index < -0.39 is 0 Å². The first-order valence-corrected chi connectivity index (χ1v) is 8.87. The van der Waals surface area contributed by atoms with Gasteiger partial charge in [0.2, 0.25) is 5.91 Å². The largest absolute Gasteiger partial charge is 0.341 e. The van der Waals surface area contributed by atoms with Gasteiger partial charge in [-0.2, -0.15) is 0 Å². The molecule has 0 aliphatic heterocycles. The molecule has 0 saturated heterocycles. The number of nitrogens with one attached hydrogen (secondary N) is 1. The standard InChI is InChI=1S/C20H25N3O/c1-2-23(17-11-7-4-8-12-17)18-13-14-19(21-15-18)22-20(24)16-9-5-3-6-10-16/h4,7-8,11-16H,2-3,5-6,9-10H2,1H3,(H,21,22,24). The Bertz CT molecular complexity index is 648. The van der Waals surface area contributed by atoms with Crippen LogP contribution in [0.1, 0.15) is 39.0 Å². The normalized spacial score (nSPS) is 15.0. The third-order valence-electron chi connectivity index (χ3n) is 4.67. The highest BCUT2D eigenvalue weighted by atomic mass is 16.1. The van der Waals surface area contributed by atoms with Crippen molar-refractivity contribution in [1.82, 2.24) is 4.98 Å². The number of amides is 1. The lowest BCUT2D eigenvalue weighted by molar-refractivity contribution is -0.120. The molecule has 4 nitrogen and oxygen atoms in total. The summed E-state index contributed by atoms with van der Waals surface area (Å²) in [6.45, 7) is 2.98. The van der Waals surface area contributed by atoms with Crippen LogP contribution in [0.3, 0.4) is 0 Å². The number of aromatic nitrogens is 1. The molecule has 1 aliphatic rings. The summed E-state index contributed by atoms with van der Waals surface area (Å²) in [7, 11) is 0. The van der Waals surface area contributed by atoms with Crippen molar-refractivity contribution in [3.8, 4) is 0 Å². The topological polar surface area (TPSA) is 45.2 Å². The van der Waals surface area contributed by atoms with E-state index in [1.807, 2.05) is 36.5 Å². The lowest BCUT2D eigenvalue weighted by Crippen LogP contribution is -2.25. The van der Waals surface area contributed by atoms with Crippen molar-refractivity contribution in [3.05, 3.63) is 48.7 Å². The predicted octanol–water partition coefficient (Wildman–Crippen LogP) is 4.76. The van der Waals surface area contributed by atoms with Gasteiger partial charge in [0, 0.05) is 18.2 Å². The second-order valence-corrected chi connectivity index (χ2v) is 6.31. The average molecular weight is 323 g/mol. The van der Waals surface area contributed by atoms with Crippen molar-refractivity contribution in [2.45, 2.75) is 39.0 Å². The van der Waals surface area contributed by atoms with Crippen LogP contribution in [0, 0.1) is 5.92 Å². The highest BCUT2D eigenvalue weighted by molar-refractivity contribution is 5.91. The third kappa shape index (κ3) is 3.94. The first-order chi connectivity index (χ1) is 11.8. The van der Waals surface area contributed by atoms with E-state index in [9.17, 15) is 4.79 Å². The summed E-state index contributed by atoms with van der Waals surface area (Å²) in [6.07, 6.45) is 7.40. The fraction of sp³-hybridized carbons (Fsp3) is 0.400. The molecule has 1 aliphatic carbocycles. The van der Waals surface area contributed by atoms with Crippen LogP contribution in [0.5, 0.6) is 0 Å². The van der Waals surface area contributed by atoms with Gasteiger partial charge in [-0.3, -0.25) is 4.79 Å². The van der Waals surface area contributed by atoms with Crippen LogP contribution in [-0.2, 0) is 4.79 Å². The Kier molecular flexibility index (Phi) is 5.47. The zero-order valence-electron chi connectivity index (χ0n) is 14.2. The van der Waals surface area contributed by atoms with Crippen molar-refractivity contribution < 1.29 is 4.79 Å². The van der Waals surface area contributed by atoms with Crippen molar-refractivity contribution >= 4 is 23.1 Å². The maximum Gasteiger partial charge on any atom is 0.228 e. The molecule has 0 unspecified atom stereocenters. The van der Waals surface area contributed by atoms with Gasteiger partial charge < -0.3 is 10.2 Å². The summed E-state index contributed by atoms with van der Waals surface area (Å²) in [5, 5.41) is 2.97. The molecule has 0 radical (unpaired) electrons. The number of carbonyl (C=O) groups is 1. The first-order valence-electron chi connectivity index (χ1n) is 8.87. The molecule has 1 fully saturated rings. The maximum absolute atomic E-state index is 12.3. The van der Waals surface area contributed by atoms with Gasteiger partial charge in [-0.05, 0) is 44.0 Å². The van der Waals surface area contributed by atoms with E-state index in [1.165, 1.54) is 6.42 Å². The Morgan fingerprint density at radius 3 is 2.46 bits per heavy atom. The summed E-state index contributed by atoms with van der Waals surface area (Å²) in [4.78, 5) is 18.9. The average Bonchev–Trinajstić information content (AvgIpc) is 2.65. The van der Waals surface area contributed by atoms with Gasteiger partial charge in [0.15, 0.2) is 0 Å². The molecule has 1 aromatic heterocycles. The van der Waals surface area contributed by atoms with Gasteiger partial charge in [-0.25, -0.2) is 4.98 Å². The Morgan fingerprint density at radius 1 is 1.08 bits per heavy atom. The molecule has 1 saturated carbocycles. The molecule has 0 atom stereocenters. The Balaban J connectivity index is 1.67. The molecule has 1 heterocycles. The third-order valence-corrected chi connectivity index (χ3v) is 4.67. The quantitative estimate of drug-likeness (QED) is 0.863. The summed E-state index contributed by atoms with van der Waals surface area (Å²) in [5.74, 6) is 0.903. The maximum atomic E-state index is 12.3. The zero-order valence-corrected chi connectivity index (χ0v) is 14.2. The molecule has 126 valence electrons. The number of carbonyl (C=O) groups excluding carboxylic acids is 1. The number of anilines is 3. The monoisotopic (exact) mass is 323 g/mol. The number of hydrogen-bond donors (Lipinski definition) is 1. The first kappa shape index (κ1) is 16.5. The van der Waals surface area contributed by atoms with E-state index in [-0.39, 0.29) is 11.8 Å². The van der Waals surface area contributed by atoms with Gasteiger partial charge in [-0.1, -0.05) is 37.5 Å². The smallest absolute Gasteiger partial charge is 0.228 e. The Morgan fingerprint density at radius 2 is 1.83 bits per heavy atom. The number of benzene rings is 1. The molecule has 1 amide bonds. The number of nitrogens with zero attached hydrogens (tertiary/aromatic N) is 2. The predicted molar refractivity (Wildman–Crippen MR) is 98.6 cm³/mol. The van der Waals surface area contributed by atoms with Crippen molar-refractivity contribution in [2.24, 2.45) is 5.92 Å². The Labute approximate surface area is 143 Å². The number of rotatable bonds is 5. The van der Waals surface area contributed by atoms with Crippen LogP contribution in [-0.4, -0.2) is 17.4 Å². The molecule has 0 bridgehead atoms. The fourth-order valence-electron chi connectivity index (χ4n) is 3.33. The number of hydrogen-bond acceptors (Lipinski definition) is 3. The molecule has 1 N–H and O–H groups in total. The van der Waals surface area contributed by atoms with Gasteiger partial charge in [0.25, 0.3) is 0 Å². The van der Waals surface area contributed by atoms with Gasteiger partial charge in [0.05, 0.1) is 11.9 Å². The van der Waals surface area contributed by atoms with Crippen LogP contribution in [0.2, 0.25) is 0 Å². The van der Waals surface area contributed by atoms with Gasteiger partial charge >= 0.3 is 0 Å². The Hall–Kier alpha value is -2.36. The van der Waals surface area contributed by atoms with Crippen molar-refractivity contribution in [3.63, 3.8) is 0 Å². The second kappa shape index (κ2) is 7.95. The summed E-state index contributed by atoms with van der Waals surface area (Å²) in [6, 6.07) is 14.2. The minimum atomic E-state index is 0.116. The van der Waals surface area contributed by atoms with Crippen LogP contribution in [0.15, 0.2) is 48.7 Å². The lowest BCUT2D eigenvalue weighted by Gasteiger charge is -2.23. The van der Waals surface area contributed by atoms with E-state index in [1.54, 1.807) is 0 Å². The summed E-state index contributed by atoms with van der Waals surface area (Å²) >= 11 is 0. The molecule has 4 heteroatoms.